The minimum atomic E-state index is -0.653. The summed E-state index contributed by atoms with van der Waals surface area (Å²) in [5.74, 6) is -0.533. The predicted octanol–water partition coefficient (Wildman–Crippen LogP) is 4.21. The van der Waals surface area contributed by atoms with Gasteiger partial charge < -0.3 is 9.47 Å². The second-order valence-corrected chi connectivity index (χ2v) is 6.79. The van der Waals surface area contributed by atoms with Crippen LogP contribution in [0.4, 0.5) is 4.79 Å². The van der Waals surface area contributed by atoms with E-state index in [0.717, 1.165) is 5.39 Å². The van der Waals surface area contributed by atoms with Gasteiger partial charge in [0.25, 0.3) is 0 Å². The van der Waals surface area contributed by atoms with E-state index in [4.69, 9.17) is 9.47 Å². The molecule has 0 aliphatic carbocycles. The summed E-state index contributed by atoms with van der Waals surface area (Å²) in [6.07, 6.45) is -0.588. The van der Waals surface area contributed by atoms with E-state index < -0.39 is 17.7 Å². The van der Waals surface area contributed by atoms with Crippen LogP contribution in [0.1, 0.15) is 38.2 Å². The summed E-state index contributed by atoms with van der Waals surface area (Å²) >= 11 is 2.06. The Balaban J connectivity index is 2.66. The van der Waals surface area contributed by atoms with E-state index in [1.54, 1.807) is 33.8 Å². The van der Waals surface area contributed by atoms with Crippen LogP contribution in [0.2, 0.25) is 0 Å². The molecule has 0 fully saturated rings. The number of para-hydroxylation sites is 1. The lowest BCUT2D eigenvalue weighted by Gasteiger charge is -2.20. The molecule has 0 saturated carbocycles. The second kappa shape index (κ2) is 6.28. The first-order chi connectivity index (χ1) is 10.3. The van der Waals surface area contributed by atoms with Crippen molar-refractivity contribution in [2.24, 2.45) is 0 Å². The molecule has 0 unspecified atom stereocenters. The van der Waals surface area contributed by atoms with Crippen LogP contribution in [0.5, 0.6) is 0 Å². The number of aromatic nitrogens is 1. The van der Waals surface area contributed by atoms with Gasteiger partial charge in [-0.05, 0) is 56.4 Å². The lowest BCUT2D eigenvalue weighted by molar-refractivity contribution is 0.0452. The Kier molecular flexibility index (Phi) is 4.79. The molecule has 0 aliphatic rings. The number of carbonyl (C=O) groups is 2. The molecule has 5 nitrogen and oxygen atoms in total. The first-order valence-electron chi connectivity index (χ1n) is 6.95. The normalized spacial score (nSPS) is 11.5. The molecule has 22 heavy (non-hydrogen) atoms. The molecule has 2 rings (SSSR count). The zero-order valence-electron chi connectivity index (χ0n) is 13.0. The maximum absolute atomic E-state index is 12.5. The molecule has 0 radical (unpaired) electrons. The molecule has 0 aliphatic heterocycles. The zero-order chi connectivity index (χ0) is 16.5. The van der Waals surface area contributed by atoms with E-state index in [0.29, 0.717) is 9.09 Å². The quantitative estimate of drug-likeness (QED) is 0.545. The SMILES string of the molecule is CCOC(=O)c1c(I)c2ccccc2n1C(=O)OC(C)(C)C. The van der Waals surface area contributed by atoms with Gasteiger partial charge in [-0.1, -0.05) is 18.2 Å². The van der Waals surface area contributed by atoms with Gasteiger partial charge in [0, 0.05) is 5.39 Å². The number of halogens is 1. The third-order valence-corrected chi connectivity index (χ3v) is 3.95. The third-order valence-electron chi connectivity index (χ3n) is 2.86. The van der Waals surface area contributed by atoms with Gasteiger partial charge in [-0.25, -0.2) is 14.2 Å². The molecular weight excluding hydrogens is 397 g/mol. The van der Waals surface area contributed by atoms with Crippen molar-refractivity contribution in [1.29, 1.82) is 0 Å². The molecule has 1 aromatic heterocycles. The van der Waals surface area contributed by atoms with Crippen LogP contribution < -0.4 is 0 Å². The number of hydrogen-bond donors (Lipinski definition) is 0. The number of benzene rings is 1. The van der Waals surface area contributed by atoms with Crippen molar-refractivity contribution in [1.82, 2.24) is 4.57 Å². The Morgan fingerprint density at radius 2 is 1.86 bits per heavy atom. The number of carbonyl (C=O) groups excluding carboxylic acids is 2. The van der Waals surface area contributed by atoms with Crippen LogP contribution in [-0.4, -0.2) is 28.8 Å². The molecule has 0 spiro atoms. The van der Waals surface area contributed by atoms with E-state index in [1.165, 1.54) is 4.57 Å². The van der Waals surface area contributed by atoms with Gasteiger partial charge in [0.05, 0.1) is 15.7 Å². The van der Waals surface area contributed by atoms with Crippen LogP contribution in [-0.2, 0) is 9.47 Å². The Bertz CT molecular complexity index is 728. The summed E-state index contributed by atoms with van der Waals surface area (Å²) in [5.41, 5.74) is 0.182. The Morgan fingerprint density at radius 3 is 2.45 bits per heavy atom. The molecule has 0 bridgehead atoms. The van der Waals surface area contributed by atoms with Crippen molar-refractivity contribution in [3.63, 3.8) is 0 Å². The molecule has 0 N–H and O–H groups in total. The number of esters is 1. The summed E-state index contributed by atoms with van der Waals surface area (Å²) in [5, 5.41) is 0.817. The second-order valence-electron chi connectivity index (χ2n) is 5.72. The van der Waals surface area contributed by atoms with Crippen molar-refractivity contribution in [2.45, 2.75) is 33.3 Å². The fourth-order valence-corrected chi connectivity index (χ4v) is 3.00. The lowest BCUT2D eigenvalue weighted by Crippen LogP contribution is -2.29. The summed E-state index contributed by atoms with van der Waals surface area (Å²) in [4.78, 5) is 24.8. The summed E-state index contributed by atoms with van der Waals surface area (Å²) in [6.45, 7) is 7.32. The smallest absolute Gasteiger partial charge is 0.419 e. The number of nitrogens with zero attached hydrogens (tertiary/aromatic N) is 1. The molecule has 118 valence electrons. The molecule has 1 heterocycles. The monoisotopic (exact) mass is 415 g/mol. The molecule has 0 amide bonds. The maximum atomic E-state index is 12.5. The van der Waals surface area contributed by atoms with Crippen LogP contribution in [0, 0.1) is 3.57 Å². The molecule has 2 aromatic rings. The van der Waals surface area contributed by atoms with Gasteiger partial charge >= 0.3 is 12.1 Å². The summed E-state index contributed by atoms with van der Waals surface area (Å²) < 4.78 is 12.5. The van der Waals surface area contributed by atoms with E-state index in [-0.39, 0.29) is 12.3 Å². The molecule has 6 heteroatoms. The summed E-state index contributed by atoms with van der Waals surface area (Å²) in [6, 6.07) is 7.32. The van der Waals surface area contributed by atoms with Crippen LogP contribution >= 0.6 is 22.6 Å². The van der Waals surface area contributed by atoms with Crippen molar-refractivity contribution in [3.8, 4) is 0 Å². The maximum Gasteiger partial charge on any atom is 0.419 e. The minimum Gasteiger partial charge on any atom is -0.461 e. The third kappa shape index (κ3) is 3.26. The topological polar surface area (TPSA) is 57.5 Å². The first kappa shape index (κ1) is 16.8. The highest BCUT2D eigenvalue weighted by Crippen LogP contribution is 2.29. The fraction of sp³-hybridized carbons (Fsp3) is 0.375. The lowest BCUT2D eigenvalue weighted by atomic mass is 10.2. The van der Waals surface area contributed by atoms with Crippen LogP contribution in [0.15, 0.2) is 24.3 Å². The first-order valence-corrected chi connectivity index (χ1v) is 8.03. The Labute approximate surface area is 142 Å². The van der Waals surface area contributed by atoms with Gasteiger partial charge in [0.15, 0.2) is 5.69 Å². The van der Waals surface area contributed by atoms with Crippen LogP contribution in [0.25, 0.3) is 10.9 Å². The minimum absolute atomic E-state index is 0.206. The van der Waals surface area contributed by atoms with Gasteiger partial charge in [-0.3, -0.25) is 0 Å². The van der Waals surface area contributed by atoms with Crippen molar-refractivity contribution < 1.29 is 19.1 Å². The van der Waals surface area contributed by atoms with E-state index in [2.05, 4.69) is 22.6 Å². The Morgan fingerprint density at radius 1 is 1.23 bits per heavy atom. The molecule has 1 aromatic carbocycles. The molecular formula is C16H18INO4. The van der Waals surface area contributed by atoms with Crippen molar-refractivity contribution >= 4 is 45.6 Å². The van der Waals surface area contributed by atoms with Gasteiger partial charge in [0.2, 0.25) is 0 Å². The number of rotatable bonds is 2. The van der Waals surface area contributed by atoms with E-state index in [1.807, 2.05) is 18.2 Å². The highest BCUT2D eigenvalue weighted by Gasteiger charge is 2.28. The Hall–Kier alpha value is -1.57. The highest BCUT2D eigenvalue weighted by molar-refractivity contribution is 14.1. The average Bonchev–Trinajstić information content (AvgIpc) is 2.71. The van der Waals surface area contributed by atoms with Crippen molar-refractivity contribution in [2.75, 3.05) is 6.61 Å². The van der Waals surface area contributed by atoms with Gasteiger partial charge in [-0.2, -0.15) is 0 Å². The predicted molar refractivity (Wildman–Crippen MR) is 92.2 cm³/mol. The van der Waals surface area contributed by atoms with Crippen molar-refractivity contribution in [3.05, 3.63) is 33.5 Å². The van der Waals surface area contributed by atoms with E-state index >= 15 is 0 Å². The highest BCUT2D eigenvalue weighted by atomic mass is 127. The van der Waals surface area contributed by atoms with E-state index in [9.17, 15) is 9.59 Å². The van der Waals surface area contributed by atoms with Gasteiger partial charge in [0.1, 0.15) is 5.60 Å². The number of hydrogen-bond acceptors (Lipinski definition) is 4. The zero-order valence-corrected chi connectivity index (χ0v) is 15.1. The number of ether oxygens (including phenoxy) is 2. The molecule has 0 saturated heterocycles. The number of fused-ring (bicyclic) bond motifs is 1. The van der Waals surface area contributed by atoms with Crippen LogP contribution in [0.3, 0.4) is 0 Å². The largest absolute Gasteiger partial charge is 0.461 e. The standard InChI is InChI=1S/C16H18INO4/c1-5-21-14(19)13-12(17)10-8-6-7-9-11(10)18(13)15(20)22-16(2,3)4/h6-9H,5H2,1-4H3. The fourth-order valence-electron chi connectivity index (χ4n) is 2.08. The van der Waals surface area contributed by atoms with Gasteiger partial charge in [-0.15, -0.1) is 0 Å². The molecule has 0 atom stereocenters. The summed E-state index contributed by atoms with van der Waals surface area (Å²) in [7, 11) is 0. The average molecular weight is 415 g/mol.